The summed E-state index contributed by atoms with van der Waals surface area (Å²) >= 11 is 0. The number of carbonyl (C=O) groups is 2. The highest BCUT2D eigenvalue weighted by atomic mass is 16.6. The Morgan fingerprint density at radius 1 is 1.26 bits per heavy atom. The van der Waals surface area contributed by atoms with Crippen molar-refractivity contribution in [2.45, 2.75) is 58.2 Å². The summed E-state index contributed by atoms with van der Waals surface area (Å²) in [5, 5.41) is 3.00. The van der Waals surface area contributed by atoms with Crippen LogP contribution >= 0.6 is 0 Å². The van der Waals surface area contributed by atoms with Gasteiger partial charge in [-0.15, -0.1) is 0 Å². The van der Waals surface area contributed by atoms with Gasteiger partial charge in [0.1, 0.15) is 11.6 Å². The number of likely N-dealkylation sites (tertiary alicyclic amines) is 1. The van der Waals surface area contributed by atoms with E-state index in [1.807, 2.05) is 58.0 Å². The van der Waals surface area contributed by atoms with Crippen LogP contribution in [0.15, 0.2) is 30.3 Å². The number of hydrogen-bond donors (Lipinski definition) is 1. The predicted octanol–water partition coefficient (Wildman–Crippen LogP) is 3.26. The molecule has 2 amide bonds. The maximum absolute atomic E-state index is 12.5. The van der Waals surface area contributed by atoms with Crippen molar-refractivity contribution in [3.63, 3.8) is 0 Å². The first-order valence-corrected chi connectivity index (χ1v) is 8.13. The van der Waals surface area contributed by atoms with Crippen molar-refractivity contribution < 1.29 is 14.3 Å². The highest BCUT2D eigenvalue weighted by molar-refractivity contribution is 5.86. The Hall–Kier alpha value is -2.04. The van der Waals surface area contributed by atoms with Crippen molar-refractivity contribution in [1.29, 1.82) is 0 Å². The van der Waals surface area contributed by atoms with Gasteiger partial charge in [0.2, 0.25) is 5.91 Å². The van der Waals surface area contributed by atoms with Crippen LogP contribution in [-0.2, 0) is 9.53 Å². The normalized spacial score (nSPS) is 19.3. The lowest BCUT2D eigenvalue weighted by Gasteiger charge is -2.28. The molecule has 1 N–H and O–H groups in total. The van der Waals surface area contributed by atoms with Gasteiger partial charge in [-0.05, 0) is 46.1 Å². The summed E-state index contributed by atoms with van der Waals surface area (Å²) in [4.78, 5) is 26.3. The van der Waals surface area contributed by atoms with Crippen molar-refractivity contribution in [3.05, 3.63) is 35.9 Å². The van der Waals surface area contributed by atoms with E-state index in [1.165, 1.54) is 4.90 Å². The fourth-order valence-corrected chi connectivity index (χ4v) is 2.71. The van der Waals surface area contributed by atoms with Gasteiger partial charge in [0.15, 0.2) is 0 Å². The summed E-state index contributed by atoms with van der Waals surface area (Å²) in [6.45, 7) is 7.99. The van der Waals surface area contributed by atoms with Gasteiger partial charge in [-0.3, -0.25) is 9.69 Å². The minimum Gasteiger partial charge on any atom is -0.444 e. The van der Waals surface area contributed by atoms with E-state index in [0.29, 0.717) is 13.0 Å². The second-order valence-corrected chi connectivity index (χ2v) is 6.97. The second-order valence-electron chi connectivity index (χ2n) is 6.97. The molecule has 1 saturated heterocycles. The molecule has 0 aliphatic carbocycles. The molecule has 0 aromatic heterocycles. The van der Waals surface area contributed by atoms with Crippen molar-refractivity contribution in [2.24, 2.45) is 0 Å². The molecule has 1 heterocycles. The fourth-order valence-electron chi connectivity index (χ4n) is 2.71. The van der Waals surface area contributed by atoms with Gasteiger partial charge in [0.05, 0.1) is 6.04 Å². The van der Waals surface area contributed by atoms with Crippen molar-refractivity contribution in [3.8, 4) is 0 Å². The topological polar surface area (TPSA) is 58.6 Å². The van der Waals surface area contributed by atoms with Gasteiger partial charge in [0.25, 0.3) is 0 Å². The Balaban J connectivity index is 1.99. The lowest BCUT2D eigenvalue weighted by Crippen LogP contribution is -2.48. The minimum absolute atomic E-state index is 0.0928. The zero-order chi connectivity index (χ0) is 17.0. The maximum atomic E-state index is 12.5. The van der Waals surface area contributed by atoms with Crippen LogP contribution in [0.4, 0.5) is 4.79 Å². The minimum atomic E-state index is -0.558. The molecule has 126 valence electrons. The third kappa shape index (κ3) is 4.71. The SMILES string of the molecule is C[C@H](NC(=O)[C@@H]1CCCN1C(=O)OC(C)(C)C)c1ccccc1. The van der Waals surface area contributed by atoms with Crippen LogP contribution in [0.25, 0.3) is 0 Å². The summed E-state index contributed by atoms with van der Waals surface area (Å²) < 4.78 is 5.40. The molecule has 5 nitrogen and oxygen atoms in total. The lowest BCUT2D eigenvalue weighted by molar-refractivity contribution is -0.126. The van der Waals surface area contributed by atoms with Crippen molar-refractivity contribution in [2.75, 3.05) is 6.54 Å². The fraction of sp³-hybridized carbons (Fsp3) is 0.556. The highest BCUT2D eigenvalue weighted by Gasteiger charge is 2.36. The zero-order valence-corrected chi connectivity index (χ0v) is 14.3. The van der Waals surface area contributed by atoms with Crippen molar-refractivity contribution >= 4 is 12.0 Å². The van der Waals surface area contributed by atoms with Gasteiger partial charge in [0, 0.05) is 6.54 Å². The maximum Gasteiger partial charge on any atom is 0.410 e. The number of ether oxygens (including phenoxy) is 1. The Morgan fingerprint density at radius 3 is 2.52 bits per heavy atom. The number of hydrogen-bond acceptors (Lipinski definition) is 3. The van der Waals surface area contributed by atoms with Gasteiger partial charge >= 0.3 is 6.09 Å². The molecule has 5 heteroatoms. The molecule has 23 heavy (non-hydrogen) atoms. The summed E-state index contributed by atoms with van der Waals surface area (Å²) in [5.74, 6) is -0.121. The molecular weight excluding hydrogens is 292 g/mol. The van der Waals surface area contributed by atoms with Gasteiger partial charge < -0.3 is 10.1 Å². The monoisotopic (exact) mass is 318 g/mol. The highest BCUT2D eigenvalue weighted by Crippen LogP contribution is 2.22. The Labute approximate surface area is 138 Å². The Bertz CT molecular complexity index is 551. The van der Waals surface area contributed by atoms with E-state index in [2.05, 4.69) is 5.32 Å². The number of nitrogens with one attached hydrogen (secondary N) is 1. The molecule has 1 fully saturated rings. The summed E-state index contributed by atoms with van der Waals surface area (Å²) in [6.07, 6.45) is 1.08. The molecule has 0 saturated carbocycles. The van der Waals surface area contributed by atoms with E-state index >= 15 is 0 Å². The quantitative estimate of drug-likeness (QED) is 0.930. The van der Waals surface area contributed by atoms with Crippen LogP contribution in [0.3, 0.4) is 0 Å². The van der Waals surface area contributed by atoms with Crippen LogP contribution in [0.1, 0.15) is 52.1 Å². The average molecular weight is 318 g/mol. The van der Waals surface area contributed by atoms with Crippen LogP contribution in [0.2, 0.25) is 0 Å². The first-order valence-electron chi connectivity index (χ1n) is 8.13. The molecule has 1 aliphatic heterocycles. The Morgan fingerprint density at radius 2 is 1.91 bits per heavy atom. The third-order valence-corrected chi connectivity index (χ3v) is 3.84. The molecule has 1 aromatic rings. The second kappa shape index (κ2) is 7.02. The molecule has 0 unspecified atom stereocenters. The number of rotatable bonds is 3. The number of carbonyl (C=O) groups excluding carboxylic acids is 2. The summed E-state index contributed by atoms with van der Waals surface area (Å²) in [6, 6.07) is 9.25. The molecule has 2 atom stereocenters. The smallest absolute Gasteiger partial charge is 0.410 e. The third-order valence-electron chi connectivity index (χ3n) is 3.84. The largest absolute Gasteiger partial charge is 0.444 e. The van der Waals surface area contributed by atoms with E-state index in [-0.39, 0.29) is 11.9 Å². The van der Waals surface area contributed by atoms with Crippen LogP contribution in [0.5, 0.6) is 0 Å². The van der Waals surface area contributed by atoms with E-state index in [1.54, 1.807) is 0 Å². The first-order chi connectivity index (χ1) is 10.8. The molecule has 1 aliphatic rings. The van der Waals surface area contributed by atoms with E-state index in [4.69, 9.17) is 4.74 Å². The summed E-state index contributed by atoms with van der Waals surface area (Å²) in [5.41, 5.74) is 0.487. The lowest BCUT2D eigenvalue weighted by atomic mass is 10.1. The number of nitrogens with zero attached hydrogens (tertiary/aromatic N) is 1. The van der Waals surface area contributed by atoms with E-state index in [0.717, 1.165) is 12.0 Å². The average Bonchev–Trinajstić information content (AvgIpc) is 2.96. The van der Waals surface area contributed by atoms with Crippen LogP contribution in [-0.4, -0.2) is 35.1 Å². The number of benzene rings is 1. The molecule has 0 bridgehead atoms. The standard InChI is InChI=1S/C18H26N2O3/c1-13(14-9-6-5-7-10-14)19-16(21)15-11-8-12-20(15)17(22)23-18(2,3)4/h5-7,9-10,13,15H,8,11-12H2,1-4H3,(H,19,21)/t13-,15-/m0/s1. The van der Waals surface area contributed by atoms with Gasteiger partial charge in [-0.25, -0.2) is 4.79 Å². The van der Waals surface area contributed by atoms with E-state index < -0.39 is 17.7 Å². The summed E-state index contributed by atoms with van der Waals surface area (Å²) in [7, 11) is 0. The van der Waals surface area contributed by atoms with Crippen molar-refractivity contribution in [1.82, 2.24) is 10.2 Å². The molecule has 1 aromatic carbocycles. The van der Waals surface area contributed by atoms with Gasteiger partial charge in [-0.2, -0.15) is 0 Å². The molecular formula is C18H26N2O3. The molecule has 0 spiro atoms. The van der Waals surface area contributed by atoms with Gasteiger partial charge in [-0.1, -0.05) is 30.3 Å². The zero-order valence-electron chi connectivity index (χ0n) is 14.3. The predicted molar refractivity (Wildman–Crippen MR) is 89.0 cm³/mol. The van der Waals surface area contributed by atoms with E-state index in [9.17, 15) is 9.59 Å². The van der Waals surface area contributed by atoms with Crippen LogP contribution < -0.4 is 5.32 Å². The molecule has 2 rings (SSSR count). The molecule has 0 radical (unpaired) electrons. The number of amides is 2. The van der Waals surface area contributed by atoms with Crippen LogP contribution in [0, 0.1) is 0 Å². The Kier molecular flexibility index (Phi) is 5.29. The first kappa shape index (κ1) is 17.3.